The molecule has 0 aliphatic carbocycles. The van der Waals surface area contributed by atoms with Crippen molar-refractivity contribution in [2.75, 3.05) is 32.6 Å². The lowest BCUT2D eigenvalue weighted by atomic mass is 10.1. The van der Waals surface area contributed by atoms with Crippen molar-refractivity contribution < 1.29 is 9.47 Å². The van der Waals surface area contributed by atoms with Crippen LogP contribution in [0.25, 0.3) is 21.7 Å². The Bertz CT molecular complexity index is 1370. The monoisotopic (exact) mass is 489 g/mol. The molecular weight excluding hydrogens is 470 g/mol. The normalized spacial score (nSPS) is 17.6. The Balaban J connectivity index is 1.60. The quantitative estimate of drug-likeness (QED) is 0.407. The fourth-order valence-electron chi connectivity index (χ4n) is 4.24. The standard InChI is InChI=1S/C21H20ClN5O3S2/c1-25-7-6-14-15(10-25)32-19-17(14)18(28)26(13-4-2-12(22)3-5-13)20-23-24-21(27(19)20)31-11-16-29-8-9-30-16/h2-5,16H,6-11H2,1H3. The van der Waals surface area contributed by atoms with E-state index < -0.39 is 0 Å². The lowest BCUT2D eigenvalue weighted by Gasteiger charge is -2.21. The van der Waals surface area contributed by atoms with E-state index in [1.807, 2.05) is 16.5 Å². The van der Waals surface area contributed by atoms with E-state index in [1.54, 1.807) is 28.0 Å². The second kappa shape index (κ2) is 8.12. The molecule has 11 heteroatoms. The van der Waals surface area contributed by atoms with Gasteiger partial charge in [0.25, 0.3) is 5.56 Å². The maximum atomic E-state index is 13.8. The highest BCUT2D eigenvalue weighted by atomic mass is 35.5. The molecule has 32 heavy (non-hydrogen) atoms. The molecule has 3 aromatic heterocycles. The van der Waals surface area contributed by atoms with E-state index in [-0.39, 0.29) is 11.8 Å². The molecule has 5 heterocycles. The topological polar surface area (TPSA) is 73.9 Å². The maximum Gasteiger partial charge on any atom is 0.268 e. The second-order valence-electron chi connectivity index (χ2n) is 7.89. The van der Waals surface area contributed by atoms with Gasteiger partial charge in [-0.25, -0.2) is 8.97 Å². The largest absolute Gasteiger partial charge is 0.349 e. The third kappa shape index (κ3) is 3.37. The molecule has 0 amide bonds. The third-order valence-electron chi connectivity index (χ3n) is 5.79. The van der Waals surface area contributed by atoms with Crippen molar-refractivity contribution in [3.8, 4) is 5.69 Å². The lowest BCUT2D eigenvalue weighted by molar-refractivity contribution is -0.0215. The zero-order valence-electron chi connectivity index (χ0n) is 17.3. The molecule has 0 spiro atoms. The minimum atomic E-state index is -0.254. The summed E-state index contributed by atoms with van der Waals surface area (Å²) in [4.78, 5) is 18.2. The number of benzene rings is 1. The van der Waals surface area contributed by atoms with Crippen molar-refractivity contribution >= 4 is 50.7 Å². The van der Waals surface area contributed by atoms with Crippen LogP contribution < -0.4 is 5.56 Å². The van der Waals surface area contributed by atoms with E-state index in [9.17, 15) is 4.79 Å². The molecule has 166 valence electrons. The summed E-state index contributed by atoms with van der Waals surface area (Å²) in [6.45, 7) is 2.98. The van der Waals surface area contributed by atoms with Crippen LogP contribution in [-0.4, -0.2) is 62.9 Å². The number of thiophene rings is 1. The number of likely N-dealkylation sites (N-methyl/N-ethyl adjacent to an activating group) is 1. The van der Waals surface area contributed by atoms with Crippen LogP contribution in [0.15, 0.2) is 34.2 Å². The van der Waals surface area contributed by atoms with Crippen LogP contribution in [0.2, 0.25) is 5.02 Å². The first-order valence-corrected chi connectivity index (χ1v) is 12.5. The smallest absolute Gasteiger partial charge is 0.268 e. The third-order valence-corrected chi connectivity index (χ3v) is 8.20. The molecule has 0 radical (unpaired) electrons. The molecule has 0 atom stereocenters. The first-order chi connectivity index (χ1) is 15.6. The summed E-state index contributed by atoms with van der Waals surface area (Å²) in [7, 11) is 2.11. The molecule has 6 rings (SSSR count). The number of aromatic nitrogens is 4. The van der Waals surface area contributed by atoms with E-state index in [1.165, 1.54) is 16.6 Å². The number of nitrogens with zero attached hydrogens (tertiary/aromatic N) is 5. The van der Waals surface area contributed by atoms with E-state index in [0.717, 1.165) is 40.4 Å². The first kappa shape index (κ1) is 20.6. The van der Waals surface area contributed by atoms with Crippen LogP contribution in [0.3, 0.4) is 0 Å². The number of rotatable bonds is 4. The van der Waals surface area contributed by atoms with Gasteiger partial charge in [-0.3, -0.25) is 4.79 Å². The highest BCUT2D eigenvalue weighted by Gasteiger charge is 2.27. The van der Waals surface area contributed by atoms with Gasteiger partial charge in [-0.15, -0.1) is 21.5 Å². The minimum absolute atomic E-state index is 0.0664. The highest BCUT2D eigenvalue weighted by Crippen LogP contribution is 2.35. The molecule has 2 aliphatic rings. The van der Waals surface area contributed by atoms with Gasteiger partial charge < -0.3 is 14.4 Å². The van der Waals surface area contributed by atoms with Gasteiger partial charge in [-0.05, 0) is 43.3 Å². The number of ether oxygens (including phenoxy) is 2. The van der Waals surface area contributed by atoms with E-state index in [4.69, 9.17) is 21.1 Å². The van der Waals surface area contributed by atoms with Crippen molar-refractivity contribution in [2.45, 2.75) is 24.4 Å². The van der Waals surface area contributed by atoms with Crippen LogP contribution in [0.5, 0.6) is 0 Å². The van der Waals surface area contributed by atoms with Gasteiger partial charge in [0.1, 0.15) is 4.83 Å². The Morgan fingerprint density at radius 2 is 2.00 bits per heavy atom. The fourth-order valence-corrected chi connectivity index (χ4v) is 6.72. The average molecular weight is 490 g/mol. The maximum absolute atomic E-state index is 13.8. The van der Waals surface area contributed by atoms with Gasteiger partial charge in [0, 0.05) is 23.0 Å². The molecular formula is C21H20ClN5O3S2. The molecule has 1 saturated heterocycles. The van der Waals surface area contributed by atoms with Gasteiger partial charge in [0.15, 0.2) is 11.4 Å². The Morgan fingerprint density at radius 3 is 2.78 bits per heavy atom. The Morgan fingerprint density at radius 1 is 1.22 bits per heavy atom. The van der Waals surface area contributed by atoms with Crippen molar-refractivity contribution in [3.05, 3.63) is 50.1 Å². The zero-order chi connectivity index (χ0) is 21.8. The number of halogens is 1. The molecule has 1 fully saturated rings. The predicted octanol–water partition coefficient (Wildman–Crippen LogP) is 3.20. The van der Waals surface area contributed by atoms with Crippen LogP contribution >= 0.6 is 34.7 Å². The number of hydrogen-bond acceptors (Lipinski definition) is 8. The predicted molar refractivity (Wildman–Crippen MR) is 125 cm³/mol. The van der Waals surface area contributed by atoms with E-state index in [0.29, 0.717) is 35.5 Å². The Kier molecular flexibility index (Phi) is 5.24. The fraction of sp³-hybridized carbons (Fsp3) is 0.381. The van der Waals surface area contributed by atoms with E-state index in [2.05, 4.69) is 22.1 Å². The SMILES string of the molecule is CN1CCc2c(sc3c2c(=O)n(-c2ccc(Cl)cc2)c2nnc(SCC4OCCO4)n32)C1. The zero-order valence-corrected chi connectivity index (χ0v) is 19.7. The summed E-state index contributed by atoms with van der Waals surface area (Å²) >= 11 is 9.29. The molecule has 2 aliphatic heterocycles. The number of thioether (sulfide) groups is 1. The highest BCUT2D eigenvalue weighted by molar-refractivity contribution is 7.99. The first-order valence-electron chi connectivity index (χ1n) is 10.3. The van der Waals surface area contributed by atoms with Crippen LogP contribution in [0.4, 0.5) is 0 Å². The summed E-state index contributed by atoms with van der Waals surface area (Å²) < 4.78 is 14.8. The molecule has 1 aromatic carbocycles. The van der Waals surface area contributed by atoms with E-state index >= 15 is 0 Å². The molecule has 0 N–H and O–H groups in total. The lowest BCUT2D eigenvalue weighted by Crippen LogP contribution is -2.27. The average Bonchev–Trinajstić information content (AvgIpc) is 3.51. The van der Waals surface area contributed by atoms with Gasteiger partial charge >= 0.3 is 0 Å². The van der Waals surface area contributed by atoms with Crippen LogP contribution in [0.1, 0.15) is 10.4 Å². The summed E-state index contributed by atoms with van der Waals surface area (Å²) in [6.07, 6.45) is 0.594. The van der Waals surface area contributed by atoms with Crippen molar-refractivity contribution in [2.24, 2.45) is 0 Å². The van der Waals surface area contributed by atoms with Gasteiger partial charge in [0.2, 0.25) is 5.78 Å². The Labute approximate surface area is 196 Å². The molecule has 0 saturated carbocycles. The number of hydrogen-bond donors (Lipinski definition) is 0. The van der Waals surface area contributed by atoms with Gasteiger partial charge in [-0.1, -0.05) is 23.4 Å². The van der Waals surface area contributed by atoms with Crippen LogP contribution in [-0.2, 0) is 22.4 Å². The van der Waals surface area contributed by atoms with Crippen molar-refractivity contribution in [1.82, 2.24) is 24.1 Å². The number of fused-ring (bicyclic) bond motifs is 5. The van der Waals surface area contributed by atoms with Gasteiger partial charge in [-0.2, -0.15) is 0 Å². The summed E-state index contributed by atoms with van der Waals surface area (Å²) in [5.74, 6) is 1.10. The summed E-state index contributed by atoms with van der Waals surface area (Å²) in [5.41, 5.74) is 1.79. The van der Waals surface area contributed by atoms with Crippen molar-refractivity contribution in [3.63, 3.8) is 0 Å². The minimum Gasteiger partial charge on any atom is -0.349 e. The van der Waals surface area contributed by atoms with Crippen LogP contribution in [0, 0.1) is 0 Å². The van der Waals surface area contributed by atoms with Gasteiger partial charge in [0.05, 0.1) is 30.0 Å². The second-order valence-corrected chi connectivity index (χ2v) is 10.4. The Hall–Kier alpha value is -1.95. The molecule has 4 aromatic rings. The summed E-state index contributed by atoms with van der Waals surface area (Å²) in [5, 5.41) is 11.0. The van der Waals surface area contributed by atoms with Crippen molar-refractivity contribution in [1.29, 1.82) is 0 Å². The molecule has 8 nitrogen and oxygen atoms in total. The molecule has 0 bridgehead atoms. The summed E-state index contributed by atoms with van der Waals surface area (Å²) in [6, 6.07) is 7.24. The molecule has 0 unspecified atom stereocenters.